The summed E-state index contributed by atoms with van der Waals surface area (Å²) in [6.07, 6.45) is 1.18. The van der Waals surface area contributed by atoms with Crippen molar-refractivity contribution < 1.29 is 14.4 Å². The van der Waals surface area contributed by atoms with Gasteiger partial charge < -0.3 is 4.90 Å². The molecule has 0 atom stereocenters. The van der Waals surface area contributed by atoms with Crippen LogP contribution in [0.2, 0.25) is 0 Å². The van der Waals surface area contributed by atoms with Gasteiger partial charge in [-0.2, -0.15) is 0 Å². The number of oxime groups is 1. The molecule has 0 aromatic carbocycles. The van der Waals surface area contributed by atoms with Crippen LogP contribution in [0.3, 0.4) is 0 Å². The molecule has 9 heteroatoms. The molecule has 0 aromatic rings. The number of nitrogens with zero attached hydrogens (tertiary/aromatic N) is 4. The van der Waals surface area contributed by atoms with E-state index in [2.05, 4.69) is 9.99 Å². The maximum Gasteiger partial charge on any atom is 0.447 e. The normalized spacial score (nSPS) is 10.9. The predicted molar refractivity (Wildman–Crippen MR) is 75.3 cm³/mol. The van der Waals surface area contributed by atoms with Gasteiger partial charge in [-0.05, 0) is 13.2 Å². The molecule has 0 aliphatic heterocycles. The number of carbonyl (C=O) groups is 2. The molecule has 0 rings (SSSR count). The summed E-state index contributed by atoms with van der Waals surface area (Å²) in [7, 11) is 6.32. The second kappa shape index (κ2) is 8.09. The molecule has 0 aromatic heterocycles. The van der Waals surface area contributed by atoms with Crippen molar-refractivity contribution in [2.24, 2.45) is 5.16 Å². The van der Waals surface area contributed by atoms with Gasteiger partial charge in [0.15, 0.2) is 0 Å². The smallest absolute Gasteiger partial charge is 0.330 e. The van der Waals surface area contributed by atoms with Crippen LogP contribution in [0.25, 0.3) is 0 Å². The highest BCUT2D eigenvalue weighted by atomic mass is 32.2. The van der Waals surface area contributed by atoms with E-state index in [0.717, 1.165) is 12.1 Å². The quantitative estimate of drug-likeness (QED) is 0.262. The van der Waals surface area contributed by atoms with Crippen molar-refractivity contribution in [2.75, 3.05) is 34.4 Å². The van der Waals surface area contributed by atoms with Gasteiger partial charge in [0.2, 0.25) is 0 Å². The summed E-state index contributed by atoms with van der Waals surface area (Å²) in [4.78, 5) is 29.1. The number of urea groups is 1. The zero-order chi connectivity index (χ0) is 14.3. The number of hydrogen-bond donors (Lipinski definition) is 0. The van der Waals surface area contributed by atoms with Crippen molar-refractivity contribution in [3.05, 3.63) is 0 Å². The number of hydrogen-bond acceptors (Lipinski definition) is 6. The van der Waals surface area contributed by atoms with E-state index in [1.165, 1.54) is 32.3 Å². The fraction of sp³-hybridized carbons (Fsp3) is 0.667. The van der Waals surface area contributed by atoms with Crippen molar-refractivity contribution in [2.45, 2.75) is 6.92 Å². The average Bonchev–Trinajstić information content (AvgIpc) is 2.33. The maximum absolute atomic E-state index is 11.5. The molecule has 7 nitrogen and oxygen atoms in total. The summed E-state index contributed by atoms with van der Waals surface area (Å²) >= 11 is 2.31. The van der Waals surface area contributed by atoms with Gasteiger partial charge in [0, 0.05) is 28.2 Å². The summed E-state index contributed by atoms with van der Waals surface area (Å²) in [5.74, 6) is 0. The molecule has 0 radical (unpaired) electrons. The Labute approximate surface area is 116 Å². The fourth-order valence-corrected chi connectivity index (χ4v) is 1.54. The number of rotatable bonds is 3. The molecule has 104 valence electrons. The lowest BCUT2D eigenvalue weighted by Crippen LogP contribution is -2.35. The monoisotopic (exact) mass is 294 g/mol. The maximum atomic E-state index is 11.5. The highest BCUT2D eigenvalue weighted by Gasteiger charge is 2.18. The second-order valence-electron chi connectivity index (χ2n) is 3.43. The molecule has 0 bridgehead atoms. The second-order valence-corrected chi connectivity index (χ2v) is 5.68. The number of carbonyl (C=O) groups excluding carboxylic acids is 2. The average molecular weight is 294 g/mol. The van der Waals surface area contributed by atoms with Crippen molar-refractivity contribution in [3.8, 4) is 0 Å². The van der Waals surface area contributed by atoms with E-state index in [9.17, 15) is 9.59 Å². The molecule has 0 N–H and O–H groups in total. The Hall–Kier alpha value is -1.09. The van der Waals surface area contributed by atoms with Gasteiger partial charge in [-0.1, -0.05) is 5.16 Å². The first kappa shape index (κ1) is 16.9. The van der Waals surface area contributed by atoms with E-state index in [4.69, 9.17) is 0 Å². The van der Waals surface area contributed by atoms with Crippen molar-refractivity contribution in [1.29, 1.82) is 0 Å². The van der Waals surface area contributed by atoms with Crippen LogP contribution in [0.5, 0.6) is 0 Å². The van der Waals surface area contributed by atoms with Gasteiger partial charge in [-0.15, -0.1) is 11.8 Å². The van der Waals surface area contributed by atoms with Crippen molar-refractivity contribution in [1.82, 2.24) is 13.5 Å². The van der Waals surface area contributed by atoms with E-state index in [1.807, 2.05) is 6.26 Å². The van der Waals surface area contributed by atoms with Crippen LogP contribution >= 0.6 is 23.9 Å². The Balaban J connectivity index is 4.28. The third kappa shape index (κ3) is 6.01. The molecule has 0 aliphatic rings. The number of thioether (sulfide) groups is 1. The van der Waals surface area contributed by atoms with E-state index in [-0.39, 0.29) is 6.03 Å². The summed E-state index contributed by atoms with van der Waals surface area (Å²) in [6, 6.07) is -0.233. The Morgan fingerprint density at radius 2 is 1.67 bits per heavy atom. The third-order valence-corrected chi connectivity index (χ3v) is 3.16. The van der Waals surface area contributed by atoms with Gasteiger partial charge in [0.25, 0.3) is 0 Å². The largest absolute Gasteiger partial charge is 0.447 e. The minimum absolute atomic E-state index is 0.233. The molecular weight excluding hydrogens is 276 g/mol. The van der Waals surface area contributed by atoms with E-state index in [0.29, 0.717) is 5.04 Å². The molecule has 0 fully saturated rings. The Morgan fingerprint density at radius 3 is 2.11 bits per heavy atom. The minimum atomic E-state index is -0.646. The van der Waals surface area contributed by atoms with Gasteiger partial charge >= 0.3 is 12.1 Å². The summed E-state index contributed by atoms with van der Waals surface area (Å²) in [5.41, 5.74) is 0. The van der Waals surface area contributed by atoms with E-state index >= 15 is 0 Å². The third-order valence-electron chi connectivity index (χ3n) is 1.70. The Kier molecular flexibility index (Phi) is 7.60. The van der Waals surface area contributed by atoms with Crippen LogP contribution in [-0.4, -0.2) is 65.1 Å². The standard InChI is InChI=1S/C9H18N4O3S2/c1-7(17-6)10-16-9(15)13(5)18-12(4)8(14)11(2)3/h1-6H3. The number of amides is 3. The summed E-state index contributed by atoms with van der Waals surface area (Å²) < 4.78 is 2.49. The molecule has 0 saturated heterocycles. The van der Waals surface area contributed by atoms with Gasteiger partial charge in [-0.25, -0.2) is 13.9 Å². The fourth-order valence-electron chi connectivity index (χ4n) is 0.732. The Morgan fingerprint density at radius 1 is 1.11 bits per heavy atom. The van der Waals surface area contributed by atoms with Gasteiger partial charge in [0.1, 0.15) is 5.04 Å². The van der Waals surface area contributed by atoms with Crippen molar-refractivity contribution >= 4 is 41.1 Å². The lowest BCUT2D eigenvalue weighted by Gasteiger charge is -2.23. The first-order chi connectivity index (χ1) is 8.29. The highest BCUT2D eigenvalue weighted by Crippen LogP contribution is 2.14. The van der Waals surface area contributed by atoms with Crippen LogP contribution in [0.15, 0.2) is 5.16 Å². The van der Waals surface area contributed by atoms with Crippen molar-refractivity contribution in [3.63, 3.8) is 0 Å². The zero-order valence-electron chi connectivity index (χ0n) is 11.3. The summed E-state index contributed by atoms with van der Waals surface area (Å²) in [6.45, 7) is 1.73. The Bertz CT molecular complexity index is 336. The molecule has 0 saturated carbocycles. The molecule has 0 spiro atoms. The van der Waals surface area contributed by atoms with Gasteiger partial charge in [-0.3, -0.25) is 9.14 Å². The predicted octanol–water partition coefficient (Wildman–Crippen LogP) is 1.93. The van der Waals surface area contributed by atoms with E-state index in [1.54, 1.807) is 28.1 Å². The lowest BCUT2D eigenvalue weighted by molar-refractivity contribution is 0.136. The first-order valence-corrected chi connectivity index (χ1v) is 6.91. The van der Waals surface area contributed by atoms with Crippen LogP contribution in [0, 0.1) is 0 Å². The molecular formula is C9H18N4O3S2. The molecule has 0 heterocycles. The van der Waals surface area contributed by atoms with E-state index < -0.39 is 6.09 Å². The molecule has 18 heavy (non-hydrogen) atoms. The minimum Gasteiger partial charge on any atom is -0.330 e. The van der Waals surface area contributed by atoms with Crippen LogP contribution < -0.4 is 0 Å². The molecule has 0 unspecified atom stereocenters. The molecule has 0 aliphatic carbocycles. The highest BCUT2D eigenvalue weighted by molar-refractivity contribution is 8.13. The van der Waals surface area contributed by atoms with Gasteiger partial charge in [0.05, 0.1) is 12.1 Å². The lowest BCUT2D eigenvalue weighted by atomic mass is 10.8. The van der Waals surface area contributed by atoms with Crippen LogP contribution in [0.4, 0.5) is 9.59 Å². The van der Waals surface area contributed by atoms with Crippen LogP contribution in [-0.2, 0) is 4.84 Å². The molecule has 3 amide bonds. The van der Waals surface area contributed by atoms with Crippen LogP contribution in [0.1, 0.15) is 6.92 Å². The zero-order valence-corrected chi connectivity index (χ0v) is 13.0. The SMILES string of the molecule is CSC(C)=NOC(=O)N(C)SN(C)C(=O)N(C)C. The first-order valence-electron chi connectivity index (χ1n) is 4.96. The summed E-state index contributed by atoms with van der Waals surface area (Å²) in [5, 5.41) is 4.25. The topological polar surface area (TPSA) is 65.5 Å².